The number of allylic oxidation sites excluding steroid dienone is 1. The zero-order chi connectivity index (χ0) is 33.8. The normalized spacial score (nSPS) is 12.8. The van der Waals surface area contributed by atoms with E-state index in [0.717, 1.165) is 69.9 Å². The maximum atomic E-state index is 12.4. The largest absolute Gasteiger partial charge is 0.379 e. The van der Waals surface area contributed by atoms with Crippen LogP contribution in [0.2, 0.25) is 0 Å². The summed E-state index contributed by atoms with van der Waals surface area (Å²) >= 11 is 0. The Hall–Kier alpha value is -1.97. The molecule has 0 radical (unpaired) electrons. The molecule has 45 heavy (non-hydrogen) atoms. The van der Waals surface area contributed by atoms with E-state index in [0.29, 0.717) is 65.2 Å². The van der Waals surface area contributed by atoms with Crippen LogP contribution in [-0.2, 0) is 28.6 Å². The Morgan fingerprint density at radius 2 is 1.13 bits per heavy atom. The van der Waals surface area contributed by atoms with Crippen molar-refractivity contribution >= 4 is 17.6 Å². The van der Waals surface area contributed by atoms with Crippen LogP contribution in [0.15, 0.2) is 12.3 Å². The maximum Gasteiger partial charge on any atom is 0.222 e. The first-order valence-electron chi connectivity index (χ1n) is 17.7. The molecule has 0 aliphatic rings. The summed E-state index contributed by atoms with van der Waals surface area (Å²) in [4.78, 5) is 36.5. The summed E-state index contributed by atoms with van der Waals surface area (Å²) in [5.41, 5.74) is 0.437. The van der Waals surface area contributed by atoms with E-state index < -0.39 is 5.54 Å². The molecular weight excluding hydrogens is 570 g/mol. The molecule has 264 valence electrons. The number of ketones is 1. The lowest BCUT2D eigenvalue weighted by molar-refractivity contribution is -0.122. The van der Waals surface area contributed by atoms with Crippen LogP contribution < -0.4 is 16.0 Å². The quantitative estimate of drug-likeness (QED) is 0.0729. The van der Waals surface area contributed by atoms with Crippen molar-refractivity contribution in [3.63, 3.8) is 0 Å². The molecule has 0 aromatic rings. The lowest BCUT2D eigenvalue weighted by Gasteiger charge is -2.36. The third kappa shape index (κ3) is 26.9. The molecule has 0 bridgehead atoms. The molecule has 0 saturated heterocycles. The highest BCUT2D eigenvalue weighted by Gasteiger charge is 2.32. The van der Waals surface area contributed by atoms with Gasteiger partial charge in [-0.25, -0.2) is 0 Å². The second-order valence-corrected chi connectivity index (χ2v) is 13.6. The highest BCUT2D eigenvalue weighted by Crippen LogP contribution is 2.21. The summed E-state index contributed by atoms with van der Waals surface area (Å²) < 4.78 is 18.3. The highest BCUT2D eigenvalue weighted by molar-refractivity contribution is 5.78. The number of carbonyl (C=O) groups excluding carboxylic acids is 3. The van der Waals surface area contributed by atoms with Crippen molar-refractivity contribution in [2.75, 3.05) is 52.7 Å². The SMILES string of the molecule is C=C(CCC)NC(COCCCC(C)(C)C)(COCCC(=O)CCCCC)COCCC(=O)NCCCNC(=O)CCCCC. The van der Waals surface area contributed by atoms with Crippen LogP contribution >= 0.6 is 0 Å². The van der Waals surface area contributed by atoms with E-state index in [4.69, 9.17) is 14.2 Å². The van der Waals surface area contributed by atoms with Crippen molar-refractivity contribution in [2.45, 2.75) is 143 Å². The van der Waals surface area contributed by atoms with Crippen LogP contribution in [0.1, 0.15) is 138 Å². The van der Waals surface area contributed by atoms with Crippen LogP contribution in [0.3, 0.4) is 0 Å². The first-order valence-corrected chi connectivity index (χ1v) is 17.7. The number of unbranched alkanes of at least 4 members (excludes halogenated alkanes) is 4. The molecule has 0 aromatic heterocycles. The maximum absolute atomic E-state index is 12.4. The minimum atomic E-state index is -0.689. The third-order valence-corrected chi connectivity index (χ3v) is 7.41. The molecule has 9 nitrogen and oxygen atoms in total. The van der Waals surface area contributed by atoms with Crippen LogP contribution in [0.4, 0.5) is 0 Å². The summed E-state index contributed by atoms with van der Waals surface area (Å²) in [6.07, 6.45) is 12.4. The third-order valence-electron chi connectivity index (χ3n) is 7.41. The molecule has 1 atom stereocenters. The minimum Gasteiger partial charge on any atom is -0.379 e. The van der Waals surface area contributed by atoms with Gasteiger partial charge < -0.3 is 30.2 Å². The Kier molecular flexibility index (Phi) is 26.0. The van der Waals surface area contributed by atoms with E-state index in [1.54, 1.807) is 0 Å². The highest BCUT2D eigenvalue weighted by atomic mass is 16.5. The number of Topliss-reactive ketones (excluding diaryl/α,β-unsaturated/α-hetero) is 1. The number of nitrogens with one attached hydrogen (secondary N) is 3. The van der Waals surface area contributed by atoms with E-state index in [-0.39, 0.29) is 42.6 Å². The minimum absolute atomic E-state index is 0.0719. The molecule has 3 N–H and O–H groups in total. The van der Waals surface area contributed by atoms with Crippen molar-refractivity contribution in [1.29, 1.82) is 0 Å². The Balaban J connectivity index is 4.95. The van der Waals surface area contributed by atoms with Crippen molar-refractivity contribution in [3.8, 4) is 0 Å². The van der Waals surface area contributed by atoms with Crippen LogP contribution in [0.5, 0.6) is 0 Å². The van der Waals surface area contributed by atoms with Gasteiger partial charge in [-0.2, -0.15) is 0 Å². The molecule has 2 amide bonds. The van der Waals surface area contributed by atoms with Gasteiger partial charge in [0.15, 0.2) is 0 Å². The van der Waals surface area contributed by atoms with Gasteiger partial charge in [0.1, 0.15) is 11.3 Å². The van der Waals surface area contributed by atoms with Gasteiger partial charge in [-0.3, -0.25) is 14.4 Å². The fourth-order valence-electron chi connectivity index (χ4n) is 4.78. The number of ether oxygens (including phenoxy) is 3. The molecular formula is C36H69N3O6. The van der Waals surface area contributed by atoms with Crippen LogP contribution in [0.25, 0.3) is 0 Å². The smallest absolute Gasteiger partial charge is 0.222 e. The second-order valence-electron chi connectivity index (χ2n) is 13.6. The van der Waals surface area contributed by atoms with Crippen molar-refractivity contribution in [2.24, 2.45) is 5.41 Å². The number of rotatable bonds is 31. The fraction of sp³-hybridized carbons (Fsp3) is 0.861. The lowest BCUT2D eigenvalue weighted by atomic mass is 9.91. The van der Waals surface area contributed by atoms with Gasteiger partial charge >= 0.3 is 0 Å². The van der Waals surface area contributed by atoms with Crippen LogP contribution in [0, 0.1) is 5.41 Å². The summed E-state index contributed by atoms with van der Waals surface area (Å²) in [5, 5.41) is 9.35. The van der Waals surface area contributed by atoms with E-state index in [2.05, 4.69) is 64.1 Å². The molecule has 0 aromatic carbocycles. The molecule has 0 spiro atoms. The fourth-order valence-corrected chi connectivity index (χ4v) is 4.78. The predicted molar refractivity (Wildman–Crippen MR) is 184 cm³/mol. The standard InChI is InChI=1S/C36H69N3O6/c1-8-11-13-18-32(40)20-26-44-29-36(39-31(4)17-10-3,28-43-25-15-22-35(5,6)7)30-45-27-21-34(42)38-24-16-23-37-33(41)19-14-12-9-2/h39H,4,8-30H2,1-3,5-7H3,(H,37,41)(H,38,42). The second kappa shape index (κ2) is 27.2. The van der Waals surface area contributed by atoms with E-state index in [9.17, 15) is 14.4 Å². The number of amides is 2. The van der Waals surface area contributed by atoms with Gasteiger partial charge in [0.05, 0.1) is 33.0 Å². The van der Waals surface area contributed by atoms with Crippen molar-refractivity contribution in [1.82, 2.24) is 16.0 Å². The van der Waals surface area contributed by atoms with Gasteiger partial charge in [-0.05, 0) is 43.9 Å². The average Bonchev–Trinajstić information content (AvgIpc) is 2.97. The monoisotopic (exact) mass is 640 g/mol. The molecule has 9 heteroatoms. The summed E-state index contributed by atoms with van der Waals surface area (Å²) in [5.74, 6) is 0.213. The Morgan fingerprint density at radius 1 is 0.600 bits per heavy atom. The molecule has 0 aliphatic heterocycles. The first kappa shape index (κ1) is 43.0. The zero-order valence-corrected chi connectivity index (χ0v) is 29.9. The number of carbonyl (C=O) groups is 3. The first-order chi connectivity index (χ1) is 21.5. The Morgan fingerprint density at radius 3 is 1.69 bits per heavy atom. The van der Waals surface area contributed by atoms with E-state index in [1.165, 1.54) is 0 Å². The Bertz CT molecular complexity index is 798. The van der Waals surface area contributed by atoms with Gasteiger partial charge in [0, 0.05) is 51.1 Å². The van der Waals surface area contributed by atoms with E-state index >= 15 is 0 Å². The zero-order valence-electron chi connectivity index (χ0n) is 29.9. The predicted octanol–water partition coefficient (Wildman–Crippen LogP) is 6.64. The summed E-state index contributed by atoms with van der Waals surface area (Å²) in [7, 11) is 0. The molecule has 0 heterocycles. The molecule has 1 unspecified atom stereocenters. The molecule has 0 fully saturated rings. The molecule has 0 saturated carbocycles. The van der Waals surface area contributed by atoms with Crippen LogP contribution in [-0.4, -0.2) is 75.9 Å². The topological polar surface area (TPSA) is 115 Å². The molecule has 0 aliphatic carbocycles. The van der Waals surface area contributed by atoms with Gasteiger partial charge in [0.25, 0.3) is 0 Å². The summed E-state index contributed by atoms with van der Waals surface area (Å²) in [6.45, 7) is 20.5. The average molecular weight is 640 g/mol. The molecule has 0 rings (SSSR count). The van der Waals surface area contributed by atoms with Crippen molar-refractivity contribution in [3.05, 3.63) is 12.3 Å². The lowest BCUT2D eigenvalue weighted by Crippen LogP contribution is -2.56. The van der Waals surface area contributed by atoms with Gasteiger partial charge in [0.2, 0.25) is 11.8 Å². The van der Waals surface area contributed by atoms with Gasteiger partial charge in [-0.15, -0.1) is 0 Å². The van der Waals surface area contributed by atoms with Crippen molar-refractivity contribution < 1.29 is 28.6 Å². The number of hydrogen-bond donors (Lipinski definition) is 3. The van der Waals surface area contributed by atoms with E-state index in [1.807, 2.05) is 0 Å². The Labute approximate surface area is 275 Å². The van der Waals surface area contributed by atoms with Gasteiger partial charge in [-0.1, -0.05) is 80.2 Å². The summed E-state index contributed by atoms with van der Waals surface area (Å²) in [6, 6.07) is 0. The number of hydrogen-bond acceptors (Lipinski definition) is 7.